The molecule has 1 amide bonds. The second kappa shape index (κ2) is 8.66. The zero-order valence-corrected chi connectivity index (χ0v) is 17.1. The zero-order chi connectivity index (χ0) is 23.8. The SMILES string of the molecule is N=C(CC(=O)Nc1nc(-c2cc(F)c(C(F)(F)F)c(F)c2)cs1)c1c(S)[nH]c(=O)[nH]c1=O. The van der Waals surface area contributed by atoms with E-state index in [1.807, 2.05) is 4.98 Å². The average molecular weight is 491 g/mol. The summed E-state index contributed by atoms with van der Waals surface area (Å²) in [5.41, 5.74) is -4.94. The van der Waals surface area contributed by atoms with Crippen LogP contribution >= 0.6 is 24.0 Å². The Balaban J connectivity index is 1.76. The molecule has 8 nitrogen and oxygen atoms in total. The number of benzene rings is 1. The van der Waals surface area contributed by atoms with E-state index < -0.39 is 52.7 Å². The fourth-order valence-corrected chi connectivity index (χ4v) is 3.70. The number of alkyl halides is 3. The van der Waals surface area contributed by atoms with Gasteiger partial charge in [-0.25, -0.2) is 18.6 Å². The smallest absolute Gasteiger partial charge is 0.304 e. The van der Waals surface area contributed by atoms with Crippen molar-refractivity contribution in [2.45, 2.75) is 17.6 Å². The van der Waals surface area contributed by atoms with Gasteiger partial charge in [-0.1, -0.05) is 0 Å². The van der Waals surface area contributed by atoms with Crippen LogP contribution in [0.3, 0.4) is 0 Å². The first-order chi connectivity index (χ1) is 14.9. The molecule has 3 aromatic rings. The lowest BCUT2D eigenvalue weighted by Gasteiger charge is -2.10. The number of anilines is 1. The van der Waals surface area contributed by atoms with Crippen molar-refractivity contribution in [2.24, 2.45) is 0 Å². The highest BCUT2D eigenvalue weighted by Crippen LogP contribution is 2.36. The van der Waals surface area contributed by atoms with E-state index in [2.05, 4.69) is 27.9 Å². The number of thiol groups is 1. The molecule has 0 bridgehead atoms. The molecule has 15 heteroatoms. The fraction of sp³-hybridized carbons (Fsp3) is 0.118. The highest BCUT2D eigenvalue weighted by Gasteiger charge is 2.38. The number of hydrogen-bond acceptors (Lipinski definition) is 7. The highest BCUT2D eigenvalue weighted by molar-refractivity contribution is 7.80. The standard InChI is InChI=1S/C17H10F5N5O3S2/c18-6-1-5(2-7(19)12(6)17(20,21)22)9-4-32-16(24-9)25-10(28)3-8(23)11-13(29)26-15(30)27-14(11)31/h1-2,4,23H,3H2,(H,24,25,28)(H3,26,27,29,30,31). The van der Waals surface area contributed by atoms with Crippen LogP contribution in [0.25, 0.3) is 11.3 Å². The van der Waals surface area contributed by atoms with Gasteiger partial charge in [-0.15, -0.1) is 24.0 Å². The maximum atomic E-state index is 13.8. The largest absolute Gasteiger partial charge is 0.422 e. The minimum Gasteiger partial charge on any atom is -0.304 e. The molecule has 0 aliphatic rings. The predicted molar refractivity (Wildman–Crippen MR) is 107 cm³/mol. The molecule has 1 aromatic carbocycles. The lowest BCUT2D eigenvalue weighted by Crippen LogP contribution is -2.30. The third-order valence-electron chi connectivity index (χ3n) is 3.93. The first-order valence-electron chi connectivity index (χ1n) is 8.32. The molecular formula is C17H10F5N5O3S2. The van der Waals surface area contributed by atoms with Crippen LogP contribution in [0.4, 0.5) is 27.1 Å². The Kier molecular flexibility index (Phi) is 6.32. The summed E-state index contributed by atoms with van der Waals surface area (Å²) >= 11 is 4.71. The molecule has 0 saturated heterocycles. The Hall–Kier alpha value is -3.33. The molecule has 2 heterocycles. The van der Waals surface area contributed by atoms with Crippen LogP contribution in [0.2, 0.25) is 0 Å². The van der Waals surface area contributed by atoms with Crippen LogP contribution < -0.4 is 16.6 Å². The van der Waals surface area contributed by atoms with Gasteiger partial charge < -0.3 is 15.7 Å². The maximum absolute atomic E-state index is 13.8. The lowest BCUT2D eigenvalue weighted by molar-refractivity contribution is -0.142. The Morgan fingerprint density at radius 3 is 2.38 bits per heavy atom. The van der Waals surface area contributed by atoms with Crippen molar-refractivity contribution in [3.8, 4) is 11.3 Å². The van der Waals surface area contributed by atoms with Gasteiger partial charge in [-0.2, -0.15) is 13.2 Å². The molecule has 0 unspecified atom stereocenters. The fourth-order valence-electron chi connectivity index (χ4n) is 2.62. The van der Waals surface area contributed by atoms with E-state index in [1.54, 1.807) is 0 Å². The van der Waals surface area contributed by atoms with Crippen molar-refractivity contribution < 1.29 is 26.7 Å². The molecule has 0 fully saturated rings. The van der Waals surface area contributed by atoms with Gasteiger partial charge in [-0.3, -0.25) is 14.6 Å². The van der Waals surface area contributed by atoms with Crippen molar-refractivity contribution in [3.63, 3.8) is 0 Å². The number of nitrogens with zero attached hydrogens (tertiary/aromatic N) is 1. The highest BCUT2D eigenvalue weighted by atomic mass is 32.1. The monoisotopic (exact) mass is 491 g/mol. The van der Waals surface area contributed by atoms with Gasteiger partial charge in [0.2, 0.25) is 5.91 Å². The lowest BCUT2D eigenvalue weighted by atomic mass is 10.1. The summed E-state index contributed by atoms with van der Waals surface area (Å²) in [5, 5.41) is 11.2. The third-order valence-corrected chi connectivity index (χ3v) is 5.03. The van der Waals surface area contributed by atoms with Crippen LogP contribution in [0, 0.1) is 17.0 Å². The van der Waals surface area contributed by atoms with Crippen LogP contribution in [0.1, 0.15) is 17.5 Å². The van der Waals surface area contributed by atoms with Crippen LogP contribution in [-0.4, -0.2) is 26.6 Å². The van der Waals surface area contributed by atoms with Gasteiger partial charge >= 0.3 is 11.9 Å². The molecular weight excluding hydrogens is 481 g/mol. The average Bonchev–Trinajstić information content (AvgIpc) is 3.07. The van der Waals surface area contributed by atoms with Crippen LogP contribution in [-0.2, 0) is 11.0 Å². The minimum absolute atomic E-state index is 0.0695. The second-order valence-electron chi connectivity index (χ2n) is 6.19. The molecule has 32 heavy (non-hydrogen) atoms. The molecule has 3 rings (SSSR count). The summed E-state index contributed by atoms with van der Waals surface area (Å²) in [6.07, 6.45) is -5.82. The summed E-state index contributed by atoms with van der Waals surface area (Å²) in [7, 11) is 0. The topological polar surface area (TPSA) is 132 Å². The summed E-state index contributed by atoms with van der Waals surface area (Å²) in [4.78, 5) is 43.1. The normalized spacial score (nSPS) is 11.4. The molecule has 0 saturated carbocycles. The van der Waals surface area contributed by atoms with Gasteiger partial charge in [0.05, 0.1) is 28.4 Å². The second-order valence-corrected chi connectivity index (χ2v) is 7.49. The Labute approximate surface area is 183 Å². The molecule has 0 atom stereocenters. The van der Waals surface area contributed by atoms with Gasteiger partial charge in [-0.05, 0) is 12.1 Å². The zero-order valence-electron chi connectivity index (χ0n) is 15.4. The Bertz CT molecular complexity index is 1320. The van der Waals surface area contributed by atoms with E-state index in [-0.39, 0.29) is 27.0 Å². The Morgan fingerprint density at radius 1 is 1.19 bits per heavy atom. The van der Waals surface area contributed by atoms with Crippen molar-refractivity contribution in [3.05, 3.63) is 61.1 Å². The van der Waals surface area contributed by atoms with Crippen LogP contribution in [0.5, 0.6) is 0 Å². The molecule has 168 valence electrons. The quantitative estimate of drug-likeness (QED) is 0.162. The van der Waals surface area contributed by atoms with E-state index in [0.29, 0.717) is 12.1 Å². The molecule has 0 aliphatic heterocycles. The number of aromatic nitrogens is 3. The summed E-state index contributed by atoms with van der Waals surface area (Å²) in [6, 6.07) is 0.942. The van der Waals surface area contributed by atoms with Gasteiger partial charge in [0, 0.05) is 10.9 Å². The number of H-pyrrole nitrogens is 2. The summed E-state index contributed by atoms with van der Waals surface area (Å²) in [5.74, 6) is -4.42. The number of carbonyl (C=O) groups is 1. The predicted octanol–water partition coefficient (Wildman–Crippen LogP) is 3.17. The van der Waals surface area contributed by atoms with E-state index in [1.165, 1.54) is 5.38 Å². The van der Waals surface area contributed by atoms with E-state index in [0.717, 1.165) is 11.3 Å². The molecule has 4 N–H and O–H groups in total. The van der Waals surface area contributed by atoms with Gasteiger partial charge in [0.15, 0.2) is 5.13 Å². The van der Waals surface area contributed by atoms with Crippen LogP contribution in [0.15, 0.2) is 32.1 Å². The van der Waals surface area contributed by atoms with E-state index in [4.69, 9.17) is 5.41 Å². The number of aromatic amines is 2. The number of carbonyl (C=O) groups excluding carboxylic acids is 1. The first kappa shape index (κ1) is 23.3. The first-order valence-corrected chi connectivity index (χ1v) is 9.65. The number of thiazole rings is 1. The number of nitrogens with one attached hydrogen (secondary N) is 4. The Morgan fingerprint density at radius 2 is 1.81 bits per heavy atom. The molecule has 2 aromatic heterocycles. The number of hydrogen-bond donors (Lipinski definition) is 5. The van der Waals surface area contributed by atoms with Gasteiger partial charge in [0.1, 0.15) is 17.2 Å². The summed E-state index contributed by atoms with van der Waals surface area (Å²) in [6.45, 7) is 0. The van der Waals surface area contributed by atoms with Gasteiger partial charge in [0.25, 0.3) is 5.56 Å². The number of rotatable bonds is 5. The van der Waals surface area contributed by atoms with Crippen molar-refractivity contribution in [2.75, 3.05) is 5.32 Å². The molecule has 0 radical (unpaired) electrons. The van der Waals surface area contributed by atoms with Crippen molar-refractivity contribution in [1.29, 1.82) is 5.41 Å². The van der Waals surface area contributed by atoms with Crippen molar-refractivity contribution >= 4 is 40.7 Å². The molecule has 0 spiro atoms. The third kappa shape index (κ3) is 4.94. The molecule has 0 aliphatic carbocycles. The summed E-state index contributed by atoms with van der Waals surface area (Å²) < 4.78 is 65.6. The minimum atomic E-state index is -5.21. The van der Waals surface area contributed by atoms with Crippen molar-refractivity contribution in [1.82, 2.24) is 15.0 Å². The van der Waals surface area contributed by atoms with E-state index in [9.17, 15) is 36.3 Å². The number of amides is 1. The van der Waals surface area contributed by atoms with E-state index >= 15 is 0 Å². The number of halogens is 5. The maximum Gasteiger partial charge on any atom is 0.422 e.